The molecule has 102 valence electrons. The Hall–Kier alpha value is -0.680. The van der Waals surface area contributed by atoms with Crippen LogP contribution in [-0.4, -0.2) is 34.7 Å². The summed E-state index contributed by atoms with van der Waals surface area (Å²) in [5.74, 6) is 1.59. The molecule has 1 aliphatic rings. The average Bonchev–Trinajstić information content (AvgIpc) is 2.77. The number of rotatable bonds is 4. The van der Waals surface area contributed by atoms with E-state index in [2.05, 4.69) is 42.0 Å². The number of hydrogen-bond acceptors (Lipinski definition) is 5. The van der Waals surface area contributed by atoms with Crippen LogP contribution in [0.2, 0.25) is 0 Å². The van der Waals surface area contributed by atoms with Crippen molar-refractivity contribution in [2.75, 3.05) is 24.6 Å². The molecular formula is C13H23N3OS. The third kappa shape index (κ3) is 3.20. The second-order valence-electron chi connectivity index (χ2n) is 5.66. The molecule has 0 aliphatic carbocycles. The molecule has 0 spiro atoms. The van der Waals surface area contributed by atoms with Crippen LogP contribution in [0.1, 0.15) is 39.9 Å². The van der Waals surface area contributed by atoms with Crippen molar-refractivity contribution in [3.63, 3.8) is 0 Å². The van der Waals surface area contributed by atoms with E-state index in [1.54, 1.807) is 0 Å². The molecule has 0 aromatic carbocycles. The van der Waals surface area contributed by atoms with Crippen LogP contribution < -0.4 is 4.90 Å². The first-order valence-corrected chi connectivity index (χ1v) is 7.51. The first kappa shape index (κ1) is 13.7. The van der Waals surface area contributed by atoms with E-state index < -0.39 is 0 Å². The molecule has 1 fully saturated rings. The zero-order chi connectivity index (χ0) is 13.2. The fourth-order valence-corrected chi connectivity index (χ4v) is 2.85. The summed E-state index contributed by atoms with van der Waals surface area (Å²) in [4.78, 5) is 6.97. The summed E-state index contributed by atoms with van der Waals surface area (Å²) >= 11 is 1.52. The van der Waals surface area contributed by atoms with Gasteiger partial charge < -0.3 is 9.64 Å². The maximum Gasteiger partial charge on any atom is 0.205 e. The second-order valence-corrected chi connectivity index (χ2v) is 6.39. The van der Waals surface area contributed by atoms with Gasteiger partial charge in [0.1, 0.15) is 5.82 Å². The standard InChI is InChI=1S/C13H23N3OS/c1-5-13(4)9-16(6-7-17-13)12-14-11(15-18-12)8-10(2)3/h10H,5-9H2,1-4H3. The van der Waals surface area contributed by atoms with Gasteiger partial charge in [0.2, 0.25) is 5.13 Å². The number of aromatic nitrogens is 2. The highest BCUT2D eigenvalue weighted by molar-refractivity contribution is 7.09. The molecule has 1 atom stereocenters. The van der Waals surface area contributed by atoms with Crippen LogP contribution in [0.5, 0.6) is 0 Å². The van der Waals surface area contributed by atoms with Crippen molar-refractivity contribution in [1.29, 1.82) is 0 Å². The summed E-state index contributed by atoms with van der Waals surface area (Å²) in [6, 6.07) is 0. The second kappa shape index (κ2) is 5.53. The normalized spacial score (nSPS) is 24.8. The van der Waals surface area contributed by atoms with Crippen molar-refractivity contribution in [3.8, 4) is 0 Å². The molecule has 1 saturated heterocycles. The third-order valence-corrected chi connectivity index (χ3v) is 4.22. The first-order valence-electron chi connectivity index (χ1n) is 6.74. The van der Waals surface area contributed by atoms with E-state index in [1.165, 1.54) is 11.5 Å². The molecule has 0 radical (unpaired) electrons. The van der Waals surface area contributed by atoms with Crippen molar-refractivity contribution in [2.45, 2.75) is 46.1 Å². The minimum atomic E-state index is -0.0396. The lowest BCUT2D eigenvalue weighted by Crippen LogP contribution is -2.49. The summed E-state index contributed by atoms with van der Waals surface area (Å²) in [7, 11) is 0. The molecule has 1 aromatic heterocycles. The summed E-state index contributed by atoms with van der Waals surface area (Å²) in [5, 5.41) is 1.05. The molecule has 2 rings (SSSR count). The van der Waals surface area contributed by atoms with Crippen molar-refractivity contribution >= 4 is 16.7 Å². The van der Waals surface area contributed by atoms with Gasteiger partial charge in [-0.05, 0) is 19.3 Å². The van der Waals surface area contributed by atoms with Gasteiger partial charge in [0, 0.05) is 31.0 Å². The maximum atomic E-state index is 5.85. The van der Waals surface area contributed by atoms with Gasteiger partial charge in [-0.1, -0.05) is 20.8 Å². The van der Waals surface area contributed by atoms with Crippen LogP contribution in [-0.2, 0) is 11.2 Å². The van der Waals surface area contributed by atoms with Crippen LogP contribution in [0.25, 0.3) is 0 Å². The molecule has 0 saturated carbocycles. The summed E-state index contributed by atoms with van der Waals surface area (Å²) < 4.78 is 10.3. The van der Waals surface area contributed by atoms with Gasteiger partial charge in [0.05, 0.1) is 12.2 Å². The highest BCUT2D eigenvalue weighted by Gasteiger charge is 2.31. The van der Waals surface area contributed by atoms with Crippen LogP contribution >= 0.6 is 11.5 Å². The zero-order valence-corrected chi connectivity index (χ0v) is 12.6. The van der Waals surface area contributed by atoms with Crippen molar-refractivity contribution in [2.24, 2.45) is 5.92 Å². The predicted molar refractivity (Wildman–Crippen MR) is 75.3 cm³/mol. The van der Waals surface area contributed by atoms with Crippen LogP contribution in [0.3, 0.4) is 0 Å². The highest BCUT2D eigenvalue weighted by atomic mass is 32.1. The SMILES string of the molecule is CCC1(C)CN(c2nc(CC(C)C)ns2)CCO1. The van der Waals surface area contributed by atoms with Crippen molar-refractivity contribution in [1.82, 2.24) is 9.36 Å². The summed E-state index contributed by atoms with van der Waals surface area (Å²) in [5.41, 5.74) is -0.0396. The molecule has 1 aromatic rings. The topological polar surface area (TPSA) is 38.2 Å². The highest BCUT2D eigenvalue weighted by Crippen LogP contribution is 2.27. The minimum Gasteiger partial charge on any atom is -0.372 e. The van der Waals surface area contributed by atoms with Gasteiger partial charge in [0.15, 0.2) is 0 Å². The number of anilines is 1. The lowest BCUT2D eigenvalue weighted by molar-refractivity contribution is -0.0441. The van der Waals surface area contributed by atoms with Crippen LogP contribution in [0.15, 0.2) is 0 Å². The molecular weight excluding hydrogens is 246 g/mol. The Morgan fingerprint density at radius 3 is 2.94 bits per heavy atom. The molecule has 1 aliphatic heterocycles. The third-order valence-electron chi connectivity index (χ3n) is 3.40. The number of morpholine rings is 1. The smallest absolute Gasteiger partial charge is 0.205 e. The Bertz CT molecular complexity index is 393. The van der Waals surface area contributed by atoms with Crippen LogP contribution in [0, 0.1) is 5.92 Å². The van der Waals surface area contributed by atoms with E-state index in [4.69, 9.17) is 4.74 Å². The zero-order valence-electron chi connectivity index (χ0n) is 11.8. The monoisotopic (exact) mass is 269 g/mol. The summed E-state index contributed by atoms with van der Waals surface area (Å²) in [6.45, 7) is 11.4. The Labute approximate surface area is 114 Å². The van der Waals surface area contributed by atoms with Crippen molar-refractivity contribution < 1.29 is 4.74 Å². The molecule has 5 heteroatoms. The van der Waals surface area contributed by atoms with E-state index in [1.807, 2.05) is 0 Å². The molecule has 0 bridgehead atoms. The Morgan fingerprint density at radius 1 is 1.50 bits per heavy atom. The Balaban J connectivity index is 2.04. The molecule has 2 heterocycles. The van der Waals surface area contributed by atoms with Gasteiger partial charge >= 0.3 is 0 Å². The van der Waals surface area contributed by atoms with Gasteiger partial charge in [-0.25, -0.2) is 4.98 Å². The minimum absolute atomic E-state index is 0.0396. The molecule has 4 nitrogen and oxygen atoms in total. The first-order chi connectivity index (χ1) is 8.52. The lowest BCUT2D eigenvalue weighted by atomic mass is 10.0. The molecule has 0 amide bonds. The van der Waals surface area contributed by atoms with E-state index in [-0.39, 0.29) is 5.60 Å². The Morgan fingerprint density at radius 2 is 2.28 bits per heavy atom. The van der Waals surface area contributed by atoms with Gasteiger partial charge in [-0.2, -0.15) is 4.37 Å². The number of ether oxygens (including phenoxy) is 1. The van der Waals surface area contributed by atoms with Crippen molar-refractivity contribution in [3.05, 3.63) is 5.82 Å². The summed E-state index contributed by atoms with van der Waals surface area (Å²) in [6.07, 6.45) is 1.99. The van der Waals surface area contributed by atoms with E-state index in [9.17, 15) is 0 Å². The fraction of sp³-hybridized carbons (Fsp3) is 0.846. The molecule has 18 heavy (non-hydrogen) atoms. The molecule has 1 unspecified atom stereocenters. The fourth-order valence-electron chi connectivity index (χ4n) is 2.13. The lowest BCUT2D eigenvalue weighted by Gasteiger charge is -2.39. The average molecular weight is 269 g/mol. The number of hydrogen-bond donors (Lipinski definition) is 0. The van der Waals surface area contributed by atoms with E-state index in [0.717, 1.165) is 43.5 Å². The quantitative estimate of drug-likeness (QED) is 0.842. The van der Waals surface area contributed by atoms with Gasteiger partial charge in [-0.3, -0.25) is 0 Å². The number of nitrogens with zero attached hydrogens (tertiary/aromatic N) is 3. The van der Waals surface area contributed by atoms with Gasteiger partial charge in [-0.15, -0.1) is 0 Å². The van der Waals surface area contributed by atoms with Crippen LogP contribution in [0.4, 0.5) is 5.13 Å². The van der Waals surface area contributed by atoms with E-state index in [0.29, 0.717) is 5.92 Å². The Kier molecular flexibility index (Phi) is 4.22. The largest absolute Gasteiger partial charge is 0.372 e. The maximum absolute atomic E-state index is 5.85. The predicted octanol–water partition coefficient (Wildman–Crippen LogP) is 2.74. The van der Waals surface area contributed by atoms with Gasteiger partial charge in [0.25, 0.3) is 0 Å². The molecule has 0 N–H and O–H groups in total. The van der Waals surface area contributed by atoms with E-state index >= 15 is 0 Å².